The van der Waals surface area contributed by atoms with Gasteiger partial charge in [-0.2, -0.15) is 4.57 Å². The van der Waals surface area contributed by atoms with Gasteiger partial charge in [0.1, 0.15) is 7.05 Å². The summed E-state index contributed by atoms with van der Waals surface area (Å²) in [5.74, 6) is 0. The van der Waals surface area contributed by atoms with Gasteiger partial charge in [-0.1, -0.05) is 65.9 Å². The Kier molecular flexibility index (Phi) is 5.59. The highest BCUT2D eigenvalue weighted by molar-refractivity contribution is 7.10. The Morgan fingerprint density at radius 2 is 1.34 bits per heavy atom. The Morgan fingerprint density at radius 3 is 2.00 bits per heavy atom. The van der Waals surface area contributed by atoms with Crippen LogP contribution in [0.4, 0.5) is 5.69 Å². The van der Waals surface area contributed by atoms with Crippen LogP contribution in [0.25, 0.3) is 34.5 Å². The average molecular weight is 398 g/mol. The van der Waals surface area contributed by atoms with Crippen LogP contribution in [0.15, 0.2) is 84.2 Å². The molecule has 0 aliphatic carbocycles. The number of rotatable bonds is 5. The van der Waals surface area contributed by atoms with Crippen LogP contribution >= 0.6 is 11.3 Å². The summed E-state index contributed by atoms with van der Waals surface area (Å²) >= 11 is 1.77. The Morgan fingerprint density at radius 1 is 0.724 bits per heavy atom. The van der Waals surface area contributed by atoms with Gasteiger partial charge in [0.05, 0.1) is 5.38 Å². The van der Waals surface area contributed by atoms with Crippen LogP contribution in [0, 0.1) is 0 Å². The maximum Gasteiger partial charge on any atom is 0.261 e. The van der Waals surface area contributed by atoms with Crippen molar-refractivity contribution in [1.29, 1.82) is 0 Å². The van der Waals surface area contributed by atoms with Crippen LogP contribution in [0.1, 0.15) is 10.6 Å². The first-order valence-corrected chi connectivity index (χ1v) is 10.6. The predicted octanol–water partition coefficient (Wildman–Crippen LogP) is 6.14. The Bertz CT molecular complexity index is 1110. The molecular formula is C26H25N2S+. The molecule has 29 heavy (non-hydrogen) atoms. The van der Waals surface area contributed by atoms with Crippen molar-refractivity contribution in [2.45, 2.75) is 0 Å². The molecule has 0 fully saturated rings. The van der Waals surface area contributed by atoms with E-state index >= 15 is 0 Å². The minimum atomic E-state index is 1.21. The van der Waals surface area contributed by atoms with Gasteiger partial charge in [-0.05, 0) is 47.0 Å². The topological polar surface area (TPSA) is 7.12 Å². The molecule has 1 heterocycles. The molecule has 4 aromatic rings. The monoisotopic (exact) mass is 397 g/mol. The van der Waals surface area contributed by atoms with Crippen molar-refractivity contribution in [3.8, 4) is 22.4 Å². The van der Waals surface area contributed by atoms with E-state index in [4.69, 9.17) is 0 Å². The molecule has 4 rings (SSSR count). The van der Waals surface area contributed by atoms with Crippen LogP contribution < -0.4 is 9.47 Å². The first-order chi connectivity index (χ1) is 14.1. The molecule has 3 heteroatoms. The summed E-state index contributed by atoms with van der Waals surface area (Å²) in [7, 11) is 6.25. The highest BCUT2D eigenvalue weighted by Crippen LogP contribution is 2.25. The van der Waals surface area contributed by atoms with E-state index in [0.29, 0.717) is 0 Å². The van der Waals surface area contributed by atoms with E-state index in [0.717, 1.165) is 0 Å². The highest BCUT2D eigenvalue weighted by atomic mass is 32.1. The number of nitrogens with zero attached hydrogens (tertiary/aromatic N) is 2. The van der Waals surface area contributed by atoms with Gasteiger partial charge in [-0.25, -0.2) is 0 Å². The number of hydrogen-bond acceptors (Lipinski definition) is 2. The molecule has 0 bridgehead atoms. The number of benzene rings is 3. The molecule has 0 amide bonds. The zero-order valence-electron chi connectivity index (χ0n) is 17.0. The molecule has 0 spiro atoms. The van der Waals surface area contributed by atoms with E-state index in [2.05, 4.69) is 127 Å². The van der Waals surface area contributed by atoms with Crippen molar-refractivity contribution in [3.05, 3.63) is 94.8 Å². The van der Waals surface area contributed by atoms with Gasteiger partial charge < -0.3 is 4.90 Å². The molecule has 0 unspecified atom stereocenters. The minimum absolute atomic E-state index is 1.21. The second-order valence-corrected chi connectivity index (χ2v) is 8.17. The standard InChI is InChI=1S/C26H25N2S/c1-27(2)24-16-9-20(10-17-24)11-18-26-28(3)25(19-29-26)23-14-12-22(13-15-23)21-7-5-4-6-8-21/h4-19H,1-3H3/q+1. The quantitative estimate of drug-likeness (QED) is 0.367. The third-order valence-corrected chi connectivity index (χ3v) is 6.09. The van der Waals surface area contributed by atoms with E-state index < -0.39 is 0 Å². The molecule has 2 nitrogen and oxygen atoms in total. The molecule has 0 saturated carbocycles. The number of anilines is 1. The third kappa shape index (κ3) is 4.30. The number of thiazole rings is 1. The zero-order chi connectivity index (χ0) is 20.2. The molecule has 1 aromatic heterocycles. The van der Waals surface area contributed by atoms with Gasteiger partial charge in [0.25, 0.3) is 5.01 Å². The second kappa shape index (κ2) is 8.46. The van der Waals surface area contributed by atoms with Gasteiger partial charge in [0, 0.05) is 31.4 Å². The van der Waals surface area contributed by atoms with E-state index in [9.17, 15) is 0 Å². The summed E-state index contributed by atoms with van der Waals surface area (Å²) in [6.45, 7) is 0. The first kappa shape index (κ1) is 19.2. The Balaban J connectivity index is 1.54. The van der Waals surface area contributed by atoms with Crippen molar-refractivity contribution < 1.29 is 4.57 Å². The fourth-order valence-electron chi connectivity index (χ4n) is 3.32. The molecule has 0 N–H and O–H groups in total. The summed E-state index contributed by atoms with van der Waals surface area (Å²) in [4.78, 5) is 2.11. The zero-order valence-corrected chi connectivity index (χ0v) is 17.9. The van der Waals surface area contributed by atoms with Crippen LogP contribution in [-0.4, -0.2) is 14.1 Å². The lowest BCUT2D eigenvalue weighted by atomic mass is 10.0. The summed E-state index contributed by atoms with van der Waals surface area (Å²) in [6.07, 6.45) is 4.37. The Hall–Kier alpha value is -3.17. The highest BCUT2D eigenvalue weighted by Gasteiger charge is 2.16. The van der Waals surface area contributed by atoms with Crippen LogP contribution in [0.5, 0.6) is 0 Å². The molecule has 0 radical (unpaired) electrons. The fourth-order valence-corrected chi connectivity index (χ4v) is 4.25. The van der Waals surface area contributed by atoms with Crippen molar-refractivity contribution in [2.24, 2.45) is 7.05 Å². The van der Waals surface area contributed by atoms with Crippen molar-refractivity contribution in [2.75, 3.05) is 19.0 Å². The summed E-state index contributed by atoms with van der Waals surface area (Å²) in [6, 6.07) is 27.9. The van der Waals surface area contributed by atoms with Crippen LogP contribution in [-0.2, 0) is 7.05 Å². The lowest BCUT2D eigenvalue weighted by molar-refractivity contribution is -0.657. The molecule has 0 atom stereocenters. The minimum Gasteiger partial charge on any atom is -0.378 e. The first-order valence-electron chi connectivity index (χ1n) is 9.71. The summed E-state index contributed by atoms with van der Waals surface area (Å²) in [5, 5.41) is 3.45. The van der Waals surface area contributed by atoms with Crippen molar-refractivity contribution >= 4 is 29.2 Å². The molecule has 3 aromatic carbocycles. The summed E-state index contributed by atoms with van der Waals surface area (Å²) < 4.78 is 2.26. The van der Waals surface area contributed by atoms with E-state index in [1.807, 2.05) is 0 Å². The average Bonchev–Trinajstić information content (AvgIpc) is 3.13. The lowest BCUT2D eigenvalue weighted by Crippen LogP contribution is -2.30. The Labute approximate surface area is 177 Å². The van der Waals surface area contributed by atoms with Crippen molar-refractivity contribution in [3.63, 3.8) is 0 Å². The summed E-state index contributed by atoms with van der Waals surface area (Å²) in [5.41, 5.74) is 7.38. The lowest BCUT2D eigenvalue weighted by Gasteiger charge is -2.11. The van der Waals surface area contributed by atoms with Gasteiger partial charge in [-0.3, -0.25) is 0 Å². The molecule has 144 valence electrons. The van der Waals surface area contributed by atoms with Gasteiger partial charge in [-0.15, -0.1) is 0 Å². The van der Waals surface area contributed by atoms with E-state index in [1.165, 1.54) is 38.6 Å². The van der Waals surface area contributed by atoms with E-state index in [1.54, 1.807) is 11.3 Å². The van der Waals surface area contributed by atoms with Gasteiger partial charge in [0.15, 0.2) is 0 Å². The maximum absolute atomic E-state index is 2.26. The number of hydrogen-bond donors (Lipinski definition) is 0. The molecule has 0 aliphatic heterocycles. The number of aromatic nitrogens is 1. The van der Waals surface area contributed by atoms with Crippen molar-refractivity contribution in [1.82, 2.24) is 0 Å². The second-order valence-electron chi connectivity index (χ2n) is 7.28. The molecule has 0 saturated heterocycles. The SMILES string of the molecule is CN(C)c1ccc(/C=C/c2scc(-c3ccc(-c4ccccc4)cc3)[n+]2C)cc1. The largest absolute Gasteiger partial charge is 0.378 e. The van der Waals surface area contributed by atoms with Crippen LogP contribution in [0.3, 0.4) is 0 Å². The third-order valence-electron chi connectivity index (χ3n) is 5.10. The van der Waals surface area contributed by atoms with Gasteiger partial charge in [0.2, 0.25) is 5.69 Å². The maximum atomic E-state index is 2.26. The van der Waals surface area contributed by atoms with Crippen LogP contribution in [0.2, 0.25) is 0 Å². The predicted molar refractivity (Wildman–Crippen MR) is 126 cm³/mol. The molecular weight excluding hydrogens is 372 g/mol. The normalized spacial score (nSPS) is 11.1. The van der Waals surface area contributed by atoms with Gasteiger partial charge >= 0.3 is 0 Å². The van der Waals surface area contributed by atoms with E-state index in [-0.39, 0.29) is 0 Å². The smallest absolute Gasteiger partial charge is 0.261 e. The molecule has 0 aliphatic rings. The fraction of sp³-hybridized carbons (Fsp3) is 0.115.